The number of carbonyl (C=O) groups excluding carboxylic acids is 2. The molecule has 4 aromatic rings. The molecule has 0 bridgehead atoms. The van der Waals surface area contributed by atoms with Crippen molar-refractivity contribution in [1.82, 2.24) is 4.90 Å². The van der Waals surface area contributed by atoms with Gasteiger partial charge in [0.05, 0.1) is 36.8 Å². The van der Waals surface area contributed by atoms with Crippen LogP contribution in [0.15, 0.2) is 69.9 Å². The van der Waals surface area contributed by atoms with Gasteiger partial charge in [-0.25, -0.2) is 4.79 Å². The zero-order valence-corrected chi connectivity index (χ0v) is 21.2. The first-order chi connectivity index (χ1) is 17.8. The van der Waals surface area contributed by atoms with Crippen LogP contribution in [0, 0.1) is 13.8 Å². The zero-order valence-electron chi connectivity index (χ0n) is 21.2. The first-order valence-corrected chi connectivity index (χ1v) is 12.0. The lowest BCUT2D eigenvalue weighted by atomic mass is 9.96. The topological polar surface area (TPSA) is 86.0 Å². The molecule has 0 saturated carbocycles. The lowest BCUT2D eigenvalue weighted by Gasteiger charge is -2.25. The van der Waals surface area contributed by atoms with Gasteiger partial charge in [0.2, 0.25) is 5.76 Å². The molecule has 5 rings (SSSR count). The highest BCUT2D eigenvalue weighted by Gasteiger charge is 2.42. The number of ether oxygens (including phenoxy) is 2. The summed E-state index contributed by atoms with van der Waals surface area (Å²) in [6.07, 6.45) is 0.576. The quantitative estimate of drug-likeness (QED) is 0.349. The van der Waals surface area contributed by atoms with Crippen LogP contribution >= 0.6 is 0 Å². The fourth-order valence-electron chi connectivity index (χ4n) is 4.81. The predicted molar refractivity (Wildman–Crippen MR) is 139 cm³/mol. The van der Waals surface area contributed by atoms with Crippen molar-refractivity contribution >= 4 is 22.8 Å². The molecule has 7 heteroatoms. The average Bonchev–Trinajstić information content (AvgIpc) is 3.20. The highest BCUT2D eigenvalue weighted by atomic mass is 16.5. The Hall–Kier alpha value is -4.39. The molecular weight excluding hydrogens is 470 g/mol. The first kappa shape index (κ1) is 24.3. The standard InChI is InChI=1S/C30H27NO6/c1-17-15-23-24(16-18(17)2)37-28-25(27(23)32)26(20-7-9-21(10-8-20)30(34)36-4)31(29(28)33)14-13-19-5-11-22(35-3)12-6-19/h5-12,15-16,26H,13-14H2,1-4H3. The van der Waals surface area contributed by atoms with E-state index in [0.29, 0.717) is 40.6 Å². The van der Waals surface area contributed by atoms with Gasteiger partial charge in [-0.2, -0.15) is 0 Å². The van der Waals surface area contributed by atoms with Gasteiger partial charge in [0, 0.05) is 6.54 Å². The summed E-state index contributed by atoms with van der Waals surface area (Å²) < 4.78 is 16.1. The van der Waals surface area contributed by atoms with Crippen molar-refractivity contribution in [1.29, 1.82) is 0 Å². The van der Waals surface area contributed by atoms with Gasteiger partial charge in [-0.05, 0) is 78.9 Å². The molecule has 0 spiro atoms. The van der Waals surface area contributed by atoms with Crippen molar-refractivity contribution in [3.8, 4) is 5.75 Å². The largest absolute Gasteiger partial charge is 0.497 e. The Morgan fingerprint density at radius 3 is 2.27 bits per heavy atom. The summed E-state index contributed by atoms with van der Waals surface area (Å²) >= 11 is 0. The molecule has 1 unspecified atom stereocenters. The fourth-order valence-corrected chi connectivity index (χ4v) is 4.81. The number of fused-ring (bicyclic) bond motifs is 2. The molecule has 0 fully saturated rings. The molecule has 3 aromatic carbocycles. The summed E-state index contributed by atoms with van der Waals surface area (Å²) in [5.41, 5.74) is 4.58. The Kier molecular flexibility index (Phi) is 6.29. The van der Waals surface area contributed by atoms with E-state index >= 15 is 0 Å². The van der Waals surface area contributed by atoms with E-state index < -0.39 is 12.0 Å². The second-order valence-corrected chi connectivity index (χ2v) is 9.22. The Bertz CT molecular complexity index is 1570. The predicted octanol–water partition coefficient (Wildman–Crippen LogP) is 4.99. The maximum atomic E-state index is 13.8. The van der Waals surface area contributed by atoms with E-state index in [1.807, 2.05) is 44.2 Å². The number of methoxy groups -OCH3 is 2. The van der Waals surface area contributed by atoms with E-state index in [0.717, 1.165) is 22.4 Å². The highest BCUT2D eigenvalue weighted by Crippen LogP contribution is 2.38. The fraction of sp³-hybridized carbons (Fsp3) is 0.233. The number of rotatable bonds is 6. The molecule has 7 nitrogen and oxygen atoms in total. The second kappa shape index (κ2) is 9.58. The molecule has 0 saturated heterocycles. The van der Waals surface area contributed by atoms with Gasteiger partial charge < -0.3 is 18.8 Å². The van der Waals surface area contributed by atoms with Crippen molar-refractivity contribution in [2.45, 2.75) is 26.3 Å². The van der Waals surface area contributed by atoms with Gasteiger partial charge in [0.1, 0.15) is 11.3 Å². The van der Waals surface area contributed by atoms with Gasteiger partial charge in [0.15, 0.2) is 5.43 Å². The minimum absolute atomic E-state index is 0.0672. The molecule has 0 N–H and O–H groups in total. The molecule has 0 radical (unpaired) electrons. The number of hydrogen-bond acceptors (Lipinski definition) is 6. The van der Waals surface area contributed by atoms with Crippen LogP contribution in [0.4, 0.5) is 0 Å². The third-order valence-corrected chi connectivity index (χ3v) is 7.03. The molecule has 0 aliphatic carbocycles. The van der Waals surface area contributed by atoms with Crippen molar-refractivity contribution in [3.63, 3.8) is 0 Å². The van der Waals surface area contributed by atoms with E-state index in [2.05, 4.69) is 0 Å². The molecule has 37 heavy (non-hydrogen) atoms. The van der Waals surface area contributed by atoms with Gasteiger partial charge in [0.25, 0.3) is 5.91 Å². The lowest BCUT2D eigenvalue weighted by molar-refractivity contribution is 0.0600. The zero-order chi connectivity index (χ0) is 26.3. The van der Waals surface area contributed by atoms with Gasteiger partial charge in [-0.15, -0.1) is 0 Å². The van der Waals surface area contributed by atoms with Crippen LogP contribution in [0.25, 0.3) is 11.0 Å². The molecule has 188 valence electrons. The molecule has 1 aliphatic rings. The monoisotopic (exact) mass is 497 g/mol. The second-order valence-electron chi connectivity index (χ2n) is 9.22. The van der Waals surface area contributed by atoms with Crippen molar-refractivity contribution < 1.29 is 23.5 Å². The summed E-state index contributed by atoms with van der Waals surface area (Å²) in [7, 11) is 2.94. The van der Waals surface area contributed by atoms with Crippen LogP contribution in [-0.2, 0) is 11.2 Å². The lowest BCUT2D eigenvalue weighted by Crippen LogP contribution is -2.31. The van der Waals surface area contributed by atoms with Crippen LogP contribution in [0.3, 0.4) is 0 Å². The molecule has 1 atom stereocenters. The molecule has 2 heterocycles. The Balaban J connectivity index is 1.61. The van der Waals surface area contributed by atoms with E-state index in [4.69, 9.17) is 13.9 Å². The summed E-state index contributed by atoms with van der Waals surface area (Å²) in [5, 5.41) is 0.447. The van der Waals surface area contributed by atoms with Crippen molar-refractivity contribution in [2.24, 2.45) is 0 Å². The molecular formula is C30H27NO6. The van der Waals surface area contributed by atoms with Crippen LogP contribution < -0.4 is 10.2 Å². The van der Waals surface area contributed by atoms with Crippen LogP contribution in [0.2, 0.25) is 0 Å². The third-order valence-electron chi connectivity index (χ3n) is 7.03. The normalized spacial score (nSPS) is 14.6. The van der Waals surface area contributed by atoms with Gasteiger partial charge >= 0.3 is 5.97 Å². The summed E-state index contributed by atoms with van der Waals surface area (Å²) in [4.78, 5) is 41.1. The highest BCUT2D eigenvalue weighted by molar-refractivity contribution is 5.99. The van der Waals surface area contributed by atoms with E-state index in [-0.39, 0.29) is 17.1 Å². The number of benzene rings is 3. The minimum atomic E-state index is -0.644. The van der Waals surface area contributed by atoms with E-state index in [9.17, 15) is 14.4 Å². The number of esters is 1. The Morgan fingerprint density at radius 2 is 1.62 bits per heavy atom. The molecule has 1 amide bonds. The molecule has 1 aliphatic heterocycles. The summed E-state index contributed by atoms with van der Waals surface area (Å²) in [5.74, 6) is 0.0338. The number of carbonyl (C=O) groups is 2. The Labute approximate surface area is 214 Å². The average molecular weight is 498 g/mol. The third kappa shape index (κ3) is 4.27. The molecule has 1 aromatic heterocycles. The Morgan fingerprint density at radius 1 is 0.946 bits per heavy atom. The first-order valence-electron chi connectivity index (χ1n) is 12.0. The van der Waals surface area contributed by atoms with Crippen LogP contribution in [0.1, 0.15) is 54.8 Å². The maximum absolute atomic E-state index is 13.8. The number of nitrogens with zero attached hydrogens (tertiary/aromatic N) is 1. The maximum Gasteiger partial charge on any atom is 0.337 e. The van der Waals surface area contributed by atoms with Crippen LogP contribution in [0.5, 0.6) is 5.75 Å². The minimum Gasteiger partial charge on any atom is -0.497 e. The number of amides is 1. The SMILES string of the molecule is COC(=O)c1ccc(C2c3c(oc4cc(C)c(C)cc4c3=O)C(=O)N2CCc2ccc(OC)cc2)cc1. The van der Waals surface area contributed by atoms with E-state index in [1.54, 1.807) is 42.3 Å². The van der Waals surface area contributed by atoms with Crippen molar-refractivity contribution in [3.05, 3.63) is 110 Å². The summed E-state index contributed by atoms with van der Waals surface area (Å²) in [6.45, 7) is 4.25. The van der Waals surface area contributed by atoms with Crippen molar-refractivity contribution in [2.75, 3.05) is 20.8 Å². The van der Waals surface area contributed by atoms with Crippen LogP contribution in [-0.4, -0.2) is 37.5 Å². The van der Waals surface area contributed by atoms with E-state index in [1.165, 1.54) is 7.11 Å². The summed E-state index contributed by atoms with van der Waals surface area (Å²) in [6, 6.07) is 17.4. The number of hydrogen-bond donors (Lipinski definition) is 0. The number of aryl methyl sites for hydroxylation is 2. The van der Waals surface area contributed by atoms with Gasteiger partial charge in [-0.1, -0.05) is 24.3 Å². The van der Waals surface area contributed by atoms with Gasteiger partial charge in [-0.3, -0.25) is 9.59 Å². The smallest absolute Gasteiger partial charge is 0.337 e.